The average Bonchev–Trinajstić information content (AvgIpc) is 1.85. The number of hydrogen-bond donors (Lipinski definition) is 1. The second-order valence-corrected chi connectivity index (χ2v) is 2.66. The minimum Gasteiger partial charge on any atom is -0.358 e. The van der Waals surface area contributed by atoms with E-state index in [1.54, 1.807) is 6.20 Å². The molecule has 1 aromatic heterocycles. The molecular weight excluding hydrogens is 136 g/mol. The van der Waals surface area contributed by atoms with Crippen LogP contribution in [0.5, 0.6) is 0 Å². The van der Waals surface area contributed by atoms with E-state index in [-0.39, 0.29) is 0 Å². The SMILES string of the molecule is C=C(C)Nc1cncc(C)c1. The van der Waals surface area contributed by atoms with Gasteiger partial charge in [0, 0.05) is 11.9 Å². The fourth-order valence-corrected chi connectivity index (χ4v) is 0.870. The van der Waals surface area contributed by atoms with E-state index in [1.807, 2.05) is 26.1 Å². The number of aromatic nitrogens is 1. The van der Waals surface area contributed by atoms with Crippen molar-refractivity contribution >= 4 is 5.69 Å². The Hall–Kier alpha value is -1.31. The van der Waals surface area contributed by atoms with E-state index in [0.717, 1.165) is 16.9 Å². The molecule has 0 aliphatic rings. The standard InChI is InChI=1S/C9H12N2/c1-7(2)11-9-4-8(3)5-10-6-9/h4-6,11H,1H2,2-3H3. The Balaban J connectivity index is 2.79. The first-order valence-electron chi connectivity index (χ1n) is 3.52. The lowest BCUT2D eigenvalue weighted by Crippen LogP contribution is -1.94. The van der Waals surface area contributed by atoms with Gasteiger partial charge in [0.25, 0.3) is 0 Å². The summed E-state index contributed by atoms with van der Waals surface area (Å²) in [6, 6.07) is 2.03. The zero-order valence-corrected chi connectivity index (χ0v) is 6.89. The van der Waals surface area contributed by atoms with Gasteiger partial charge >= 0.3 is 0 Å². The third kappa shape index (κ3) is 2.42. The Bertz CT molecular complexity index is 266. The third-order valence-electron chi connectivity index (χ3n) is 1.23. The van der Waals surface area contributed by atoms with Crippen LogP contribution in [-0.4, -0.2) is 4.98 Å². The lowest BCUT2D eigenvalue weighted by atomic mass is 10.3. The maximum absolute atomic E-state index is 4.03. The summed E-state index contributed by atoms with van der Waals surface area (Å²) >= 11 is 0. The molecule has 1 rings (SSSR count). The summed E-state index contributed by atoms with van der Waals surface area (Å²) in [7, 11) is 0. The molecule has 0 amide bonds. The molecule has 0 aromatic carbocycles. The van der Waals surface area contributed by atoms with Crippen LogP contribution in [0.1, 0.15) is 12.5 Å². The molecule has 0 aliphatic carbocycles. The smallest absolute Gasteiger partial charge is 0.0570 e. The summed E-state index contributed by atoms with van der Waals surface area (Å²) in [5.41, 5.74) is 3.08. The Morgan fingerprint density at radius 2 is 2.27 bits per heavy atom. The van der Waals surface area contributed by atoms with Gasteiger partial charge in [-0.05, 0) is 25.5 Å². The summed E-state index contributed by atoms with van der Waals surface area (Å²) in [5.74, 6) is 0. The van der Waals surface area contributed by atoms with Crippen molar-refractivity contribution < 1.29 is 0 Å². The Morgan fingerprint density at radius 1 is 1.55 bits per heavy atom. The van der Waals surface area contributed by atoms with E-state index in [9.17, 15) is 0 Å². The highest BCUT2D eigenvalue weighted by molar-refractivity contribution is 5.46. The van der Waals surface area contributed by atoms with Crippen LogP contribution in [-0.2, 0) is 0 Å². The van der Waals surface area contributed by atoms with E-state index >= 15 is 0 Å². The van der Waals surface area contributed by atoms with E-state index < -0.39 is 0 Å². The lowest BCUT2D eigenvalue weighted by Gasteiger charge is -2.03. The van der Waals surface area contributed by atoms with Gasteiger partial charge in [0.2, 0.25) is 0 Å². The summed E-state index contributed by atoms with van der Waals surface area (Å²) in [5, 5.41) is 3.09. The first-order chi connectivity index (χ1) is 5.18. The van der Waals surface area contributed by atoms with E-state index in [1.165, 1.54) is 0 Å². The molecule has 0 aliphatic heterocycles. The predicted molar refractivity (Wildman–Crippen MR) is 47.4 cm³/mol. The summed E-state index contributed by atoms with van der Waals surface area (Å²) < 4.78 is 0. The summed E-state index contributed by atoms with van der Waals surface area (Å²) in [6.45, 7) is 7.67. The van der Waals surface area contributed by atoms with Crippen LogP contribution in [0.4, 0.5) is 5.69 Å². The monoisotopic (exact) mass is 148 g/mol. The maximum Gasteiger partial charge on any atom is 0.0570 e. The molecular formula is C9H12N2. The molecule has 0 unspecified atom stereocenters. The van der Waals surface area contributed by atoms with Crippen molar-refractivity contribution in [2.24, 2.45) is 0 Å². The molecule has 1 N–H and O–H groups in total. The van der Waals surface area contributed by atoms with Gasteiger partial charge in [-0.25, -0.2) is 0 Å². The molecule has 0 fully saturated rings. The lowest BCUT2D eigenvalue weighted by molar-refractivity contribution is 1.25. The van der Waals surface area contributed by atoms with Crippen LogP contribution >= 0.6 is 0 Å². The van der Waals surface area contributed by atoms with E-state index in [0.29, 0.717) is 0 Å². The minimum absolute atomic E-state index is 0.928. The first-order valence-corrected chi connectivity index (χ1v) is 3.52. The van der Waals surface area contributed by atoms with Crippen molar-refractivity contribution in [3.8, 4) is 0 Å². The fourth-order valence-electron chi connectivity index (χ4n) is 0.870. The molecule has 0 spiro atoms. The van der Waals surface area contributed by atoms with Crippen molar-refractivity contribution in [2.45, 2.75) is 13.8 Å². The number of anilines is 1. The molecule has 0 atom stereocenters. The summed E-state index contributed by atoms with van der Waals surface area (Å²) in [6.07, 6.45) is 3.60. The normalized spacial score (nSPS) is 9.27. The molecule has 0 radical (unpaired) electrons. The second kappa shape index (κ2) is 3.19. The largest absolute Gasteiger partial charge is 0.358 e. The van der Waals surface area contributed by atoms with Crippen molar-refractivity contribution in [2.75, 3.05) is 5.32 Å². The number of nitrogens with zero attached hydrogens (tertiary/aromatic N) is 1. The van der Waals surface area contributed by atoms with Crippen LogP contribution in [0.25, 0.3) is 0 Å². The Kier molecular flexibility index (Phi) is 2.26. The number of allylic oxidation sites excluding steroid dienone is 1. The number of aryl methyl sites for hydroxylation is 1. The second-order valence-electron chi connectivity index (χ2n) is 2.66. The third-order valence-corrected chi connectivity index (χ3v) is 1.23. The Labute approximate surface area is 67.0 Å². The van der Waals surface area contributed by atoms with Gasteiger partial charge in [-0.2, -0.15) is 0 Å². The molecule has 1 heterocycles. The van der Waals surface area contributed by atoms with Gasteiger partial charge < -0.3 is 5.32 Å². The predicted octanol–water partition coefficient (Wildman–Crippen LogP) is 2.34. The molecule has 2 heteroatoms. The van der Waals surface area contributed by atoms with Crippen LogP contribution in [0, 0.1) is 6.92 Å². The van der Waals surface area contributed by atoms with Crippen LogP contribution in [0.3, 0.4) is 0 Å². The van der Waals surface area contributed by atoms with Gasteiger partial charge in [0.1, 0.15) is 0 Å². The maximum atomic E-state index is 4.03. The molecule has 0 saturated heterocycles. The molecule has 0 bridgehead atoms. The average molecular weight is 148 g/mol. The highest BCUT2D eigenvalue weighted by Gasteiger charge is 1.90. The zero-order chi connectivity index (χ0) is 8.27. The fraction of sp³-hybridized carbons (Fsp3) is 0.222. The van der Waals surface area contributed by atoms with Crippen molar-refractivity contribution in [3.05, 3.63) is 36.3 Å². The Morgan fingerprint density at radius 3 is 2.82 bits per heavy atom. The van der Waals surface area contributed by atoms with Crippen LogP contribution in [0.2, 0.25) is 0 Å². The quantitative estimate of drug-likeness (QED) is 0.696. The van der Waals surface area contributed by atoms with Crippen LogP contribution in [0.15, 0.2) is 30.7 Å². The van der Waals surface area contributed by atoms with Gasteiger partial charge in [-0.1, -0.05) is 6.58 Å². The first kappa shape index (κ1) is 7.79. The number of rotatable bonds is 2. The van der Waals surface area contributed by atoms with Gasteiger partial charge in [0.05, 0.1) is 11.9 Å². The number of pyridine rings is 1. The highest BCUT2D eigenvalue weighted by Crippen LogP contribution is 2.08. The molecule has 0 saturated carbocycles. The zero-order valence-electron chi connectivity index (χ0n) is 6.89. The molecule has 11 heavy (non-hydrogen) atoms. The van der Waals surface area contributed by atoms with Crippen molar-refractivity contribution in [1.82, 2.24) is 4.98 Å². The topological polar surface area (TPSA) is 24.9 Å². The molecule has 1 aromatic rings. The van der Waals surface area contributed by atoms with E-state index in [4.69, 9.17) is 0 Å². The molecule has 2 nitrogen and oxygen atoms in total. The van der Waals surface area contributed by atoms with Crippen molar-refractivity contribution in [1.29, 1.82) is 0 Å². The highest BCUT2D eigenvalue weighted by atomic mass is 14.9. The number of nitrogens with one attached hydrogen (secondary N) is 1. The molecule has 58 valence electrons. The van der Waals surface area contributed by atoms with Gasteiger partial charge in [-0.15, -0.1) is 0 Å². The van der Waals surface area contributed by atoms with Gasteiger partial charge in [0.15, 0.2) is 0 Å². The van der Waals surface area contributed by atoms with Crippen LogP contribution < -0.4 is 5.32 Å². The van der Waals surface area contributed by atoms with E-state index in [2.05, 4.69) is 16.9 Å². The van der Waals surface area contributed by atoms with Crippen molar-refractivity contribution in [3.63, 3.8) is 0 Å². The number of hydrogen-bond acceptors (Lipinski definition) is 2. The van der Waals surface area contributed by atoms with Gasteiger partial charge in [-0.3, -0.25) is 4.98 Å². The summed E-state index contributed by atoms with van der Waals surface area (Å²) in [4.78, 5) is 4.03. The minimum atomic E-state index is 0.928.